The summed E-state index contributed by atoms with van der Waals surface area (Å²) in [6.45, 7) is 2.95. The van der Waals surface area contributed by atoms with E-state index >= 15 is 0 Å². The fourth-order valence-electron chi connectivity index (χ4n) is 4.07. The highest BCUT2D eigenvalue weighted by molar-refractivity contribution is 7.89. The second-order valence-electron chi connectivity index (χ2n) is 7.95. The molecule has 3 aromatic rings. The molecule has 0 radical (unpaired) electrons. The molecule has 0 spiro atoms. The van der Waals surface area contributed by atoms with Crippen LogP contribution in [0.2, 0.25) is 0 Å². The highest BCUT2D eigenvalue weighted by Crippen LogP contribution is 2.30. The zero-order valence-corrected chi connectivity index (χ0v) is 18.5. The molecule has 0 unspecified atom stereocenters. The van der Waals surface area contributed by atoms with Crippen molar-refractivity contribution in [2.75, 3.05) is 18.4 Å². The average molecular weight is 452 g/mol. The molecule has 4 rings (SSSR count). The number of benzene rings is 3. The molecule has 0 saturated carbocycles. The van der Waals surface area contributed by atoms with Crippen LogP contribution in [0.25, 0.3) is 10.8 Å². The third kappa shape index (κ3) is 4.43. The smallest absolute Gasteiger partial charge is 0.255 e. The van der Waals surface area contributed by atoms with Gasteiger partial charge in [-0.05, 0) is 43.7 Å². The minimum absolute atomic E-state index is 0.116. The quantitative estimate of drug-likeness (QED) is 0.500. The summed E-state index contributed by atoms with van der Waals surface area (Å²) in [5, 5.41) is 7.14. The second kappa shape index (κ2) is 9.20. The van der Waals surface area contributed by atoms with Gasteiger partial charge in [0, 0.05) is 40.5 Å². The number of nitrogens with one attached hydrogen (secondary N) is 3. The number of aldehydes is 1. The first kappa shape index (κ1) is 22.1. The summed E-state index contributed by atoms with van der Waals surface area (Å²) in [6.07, 6.45) is 1.33. The van der Waals surface area contributed by atoms with E-state index in [1.165, 1.54) is 6.07 Å². The van der Waals surface area contributed by atoms with Crippen molar-refractivity contribution < 1.29 is 18.0 Å². The van der Waals surface area contributed by atoms with Crippen LogP contribution >= 0.6 is 0 Å². The van der Waals surface area contributed by atoms with Crippen LogP contribution in [0.3, 0.4) is 0 Å². The summed E-state index contributed by atoms with van der Waals surface area (Å²) in [4.78, 5) is 24.3. The van der Waals surface area contributed by atoms with Crippen LogP contribution in [0.1, 0.15) is 22.3 Å². The van der Waals surface area contributed by atoms with Crippen LogP contribution in [0.15, 0.2) is 65.6 Å². The molecule has 0 bridgehead atoms. The van der Waals surface area contributed by atoms with Crippen LogP contribution in [-0.4, -0.2) is 39.7 Å². The fraction of sp³-hybridized carbons (Fsp3) is 0.250. The first-order valence-corrected chi connectivity index (χ1v) is 12.0. The Hall–Kier alpha value is -3.07. The maximum atomic E-state index is 13.2. The normalized spacial score (nSPS) is 18.9. The zero-order valence-electron chi connectivity index (χ0n) is 17.7. The number of rotatable bonds is 6. The molecule has 2 atom stereocenters. The Balaban J connectivity index is 1.68. The number of hydrogen-bond donors (Lipinski definition) is 3. The van der Waals surface area contributed by atoms with Gasteiger partial charge in [-0.15, -0.1) is 0 Å². The largest absolute Gasteiger partial charge is 0.321 e. The Kier molecular flexibility index (Phi) is 6.36. The van der Waals surface area contributed by atoms with Crippen molar-refractivity contribution in [2.45, 2.75) is 24.3 Å². The average Bonchev–Trinajstić information content (AvgIpc) is 2.79. The van der Waals surface area contributed by atoms with E-state index in [1.807, 2.05) is 19.1 Å². The SMILES string of the molecule is Cc1ccccc1C(=O)Nc1ccc(S(=O)(=O)N[C@H]2CCNC[C@@H]2C=O)c2ccccc12. The van der Waals surface area contributed by atoms with Crippen LogP contribution in [-0.2, 0) is 14.8 Å². The third-order valence-electron chi connectivity index (χ3n) is 5.82. The van der Waals surface area contributed by atoms with Crippen molar-refractivity contribution in [1.82, 2.24) is 10.0 Å². The van der Waals surface area contributed by atoms with Crippen molar-refractivity contribution in [2.24, 2.45) is 5.92 Å². The Morgan fingerprint density at radius 1 is 1.03 bits per heavy atom. The predicted molar refractivity (Wildman–Crippen MR) is 124 cm³/mol. The summed E-state index contributed by atoms with van der Waals surface area (Å²) >= 11 is 0. The molecule has 1 amide bonds. The first-order chi connectivity index (χ1) is 15.4. The molecule has 7 nitrogen and oxygen atoms in total. The molecule has 1 saturated heterocycles. The minimum Gasteiger partial charge on any atom is -0.321 e. The Labute approximate surface area is 187 Å². The maximum Gasteiger partial charge on any atom is 0.255 e. The molecule has 3 N–H and O–H groups in total. The van der Waals surface area contributed by atoms with E-state index in [0.717, 1.165) is 11.8 Å². The van der Waals surface area contributed by atoms with Crippen molar-refractivity contribution >= 4 is 38.7 Å². The molecule has 1 aliphatic rings. The lowest BCUT2D eigenvalue weighted by Gasteiger charge is -2.29. The molecule has 32 heavy (non-hydrogen) atoms. The van der Waals surface area contributed by atoms with Gasteiger partial charge in [0.15, 0.2) is 0 Å². The number of carbonyl (C=O) groups excluding carboxylic acids is 2. The molecule has 166 valence electrons. The van der Waals surface area contributed by atoms with Crippen molar-refractivity contribution in [3.63, 3.8) is 0 Å². The van der Waals surface area contributed by atoms with Gasteiger partial charge in [0.1, 0.15) is 6.29 Å². The Morgan fingerprint density at radius 3 is 2.50 bits per heavy atom. The molecular weight excluding hydrogens is 426 g/mol. The van der Waals surface area contributed by atoms with Gasteiger partial charge in [-0.3, -0.25) is 4.79 Å². The summed E-state index contributed by atoms with van der Waals surface area (Å²) in [7, 11) is -3.88. The van der Waals surface area contributed by atoms with E-state index in [1.54, 1.807) is 42.5 Å². The van der Waals surface area contributed by atoms with Gasteiger partial charge < -0.3 is 15.4 Å². The van der Waals surface area contributed by atoms with E-state index in [4.69, 9.17) is 0 Å². The van der Waals surface area contributed by atoms with Crippen molar-refractivity contribution in [3.05, 3.63) is 71.8 Å². The first-order valence-electron chi connectivity index (χ1n) is 10.5. The van der Waals surface area contributed by atoms with Gasteiger partial charge in [0.25, 0.3) is 5.91 Å². The van der Waals surface area contributed by atoms with Gasteiger partial charge in [0.05, 0.1) is 4.90 Å². The van der Waals surface area contributed by atoms with Crippen molar-refractivity contribution in [1.29, 1.82) is 0 Å². The third-order valence-corrected chi connectivity index (χ3v) is 7.37. The summed E-state index contributed by atoms with van der Waals surface area (Å²) in [5.74, 6) is -0.678. The van der Waals surface area contributed by atoms with Crippen LogP contribution in [0.4, 0.5) is 5.69 Å². The van der Waals surface area contributed by atoms with E-state index < -0.39 is 22.0 Å². The Morgan fingerprint density at radius 2 is 1.75 bits per heavy atom. The van der Waals surface area contributed by atoms with Crippen molar-refractivity contribution in [3.8, 4) is 0 Å². The highest BCUT2D eigenvalue weighted by atomic mass is 32.2. The van der Waals surface area contributed by atoms with Crippen LogP contribution < -0.4 is 15.4 Å². The van der Waals surface area contributed by atoms with E-state index in [2.05, 4.69) is 15.4 Å². The standard InChI is InChI=1S/C24H25N3O4S/c1-16-6-2-3-7-18(16)24(29)26-22-10-11-23(20-9-5-4-8-19(20)22)32(30,31)27-21-12-13-25-14-17(21)15-28/h2-11,15,17,21,25,27H,12-14H2,1H3,(H,26,29)/t17-,21+/m1/s1. The lowest BCUT2D eigenvalue weighted by molar-refractivity contribution is -0.112. The van der Waals surface area contributed by atoms with Gasteiger partial charge in [-0.2, -0.15) is 0 Å². The topological polar surface area (TPSA) is 104 Å². The van der Waals surface area contributed by atoms with E-state index in [9.17, 15) is 18.0 Å². The molecule has 8 heteroatoms. The molecule has 1 aliphatic heterocycles. The number of aryl methyl sites for hydroxylation is 1. The predicted octanol–water partition coefficient (Wildman–Crippen LogP) is 2.86. The maximum absolute atomic E-state index is 13.2. The zero-order chi connectivity index (χ0) is 22.7. The van der Waals surface area contributed by atoms with E-state index in [-0.39, 0.29) is 10.8 Å². The number of amides is 1. The number of fused-ring (bicyclic) bond motifs is 1. The summed E-state index contributed by atoms with van der Waals surface area (Å²) in [6, 6.07) is 17.0. The lowest BCUT2D eigenvalue weighted by Crippen LogP contribution is -2.50. The summed E-state index contributed by atoms with van der Waals surface area (Å²) in [5.41, 5.74) is 1.94. The van der Waals surface area contributed by atoms with E-state index in [0.29, 0.717) is 41.5 Å². The molecule has 0 aliphatic carbocycles. The molecule has 0 aromatic heterocycles. The molecule has 1 heterocycles. The fourth-order valence-corrected chi connectivity index (χ4v) is 5.60. The molecule has 3 aromatic carbocycles. The monoisotopic (exact) mass is 451 g/mol. The van der Waals surface area contributed by atoms with Crippen LogP contribution in [0.5, 0.6) is 0 Å². The second-order valence-corrected chi connectivity index (χ2v) is 9.63. The number of anilines is 1. The minimum atomic E-state index is -3.88. The number of sulfonamides is 1. The number of piperidine rings is 1. The molecule has 1 fully saturated rings. The number of carbonyl (C=O) groups is 2. The van der Waals surface area contributed by atoms with Gasteiger partial charge in [-0.1, -0.05) is 42.5 Å². The van der Waals surface area contributed by atoms with Crippen LogP contribution in [0, 0.1) is 12.8 Å². The summed E-state index contributed by atoms with van der Waals surface area (Å²) < 4.78 is 29.2. The number of hydrogen-bond acceptors (Lipinski definition) is 5. The molecular formula is C24H25N3O4S. The highest BCUT2D eigenvalue weighted by Gasteiger charge is 2.30. The van der Waals surface area contributed by atoms with Gasteiger partial charge >= 0.3 is 0 Å². The lowest BCUT2D eigenvalue weighted by atomic mass is 9.96. The van der Waals surface area contributed by atoms with Gasteiger partial charge in [0.2, 0.25) is 10.0 Å². The van der Waals surface area contributed by atoms with Gasteiger partial charge in [-0.25, -0.2) is 13.1 Å². The Bertz CT molecular complexity index is 1270.